The Morgan fingerprint density at radius 1 is 0.849 bits per heavy atom. The number of Topliss-reactive ketones (excluding diaryl/α,β-unsaturated/α-hetero) is 1. The lowest BCUT2D eigenvalue weighted by molar-refractivity contribution is -0.305. The van der Waals surface area contributed by atoms with Gasteiger partial charge in [0.15, 0.2) is 30.3 Å². The molecule has 0 aliphatic carbocycles. The lowest BCUT2D eigenvalue weighted by Gasteiger charge is -2.46. The Balaban J connectivity index is 1.73. The molecule has 5 N–H and O–H groups in total. The van der Waals surface area contributed by atoms with Crippen molar-refractivity contribution in [3.05, 3.63) is 30.3 Å². The number of carbonyl (C=O) groups excluding carboxylic acids is 3. The monoisotopic (exact) mass is 1240 g/mol. The minimum Gasteiger partial charge on any atom is -0.481 e. The second-order valence-electron chi connectivity index (χ2n) is 25.9. The van der Waals surface area contributed by atoms with Crippen LogP contribution in [-0.2, 0) is 76.6 Å². The molecular weight excluding hydrogens is 1140 g/mol. The van der Waals surface area contributed by atoms with E-state index in [9.17, 15) is 33.3 Å². The number of aliphatic hydroxyl groups excluding tert-OH is 2. The first-order valence-electron chi connectivity index (χ1n) is 30.3. The van der Waals surface area contributed by atoms with E-state index in [1.165, 1.54) is 40.4 Å². The van der Waals surface area contributed by atoms with Crippen molar-refractivity contribution in [2.45, 2.75) is 225 Å². The van der Waals surface area contributed by atoms with Gasteiger partial charge in [0.2, 0.25) is 10.0 Å². The molecule has 4 heterocycles. The lowest BCUT2D eigenvalue weighted by atomic mass is 9.64. The molecule has 4 saturated heterocycles. The molecule has 5 rings (SSSR count). The molecule has 23 atom stereocenters. The molecule has 25 heteroatoms. The zero-order valence-electron chi connectivity index (χ0n) is 54.0. The first-order valence-corrected chi connectivity index (χ1v) is 31.7. The van der Waals surface area contributed by atoms with Gasteiger partial charge in [-0.1, -0.05) is 71.8 Å². The van der Waals surface area contributed by atoms with Crippen LogP contribution in [0.15, 0.2) is 40.4 Å². The van der Waals surface area contributed by atoms with E-state index in [2.05, 4.69) is 20.1 Å². The molecule has 24 nitrogen and oxygen atoms in total. The van der Waals surface area contributed by atoms with Crippen LogP contribution in [0.1, 0.15) is 123 Å². The third kappa shape index (κ3) is 18.1. The molecular formula is C61H102N4O20S. The summed E-state index contributed by atoms with van der Waals surface area (Å²) >= 11 is 0. The van der Waals surface area contributed by atoms with Gasteiger partial charge in [-0.3, -0.25) is 14.4 Å². The first kappa shape index (κ1) is 72.8. The van der Waals surface area contributed by atoms with Crippen molar-refractivity contribution in [2.24, 2.45) is 58.4 Å². The number of ketones is 1. The Labute approximate surface area is 509 Å². The number of carbonyl (C=O) groups is 4. The van der Waals surface area contributed by atoms with Crippen molar-refractivity contribution in [1.82, 2.24) is 14.9 Å². The number of aliphatic hydroxyl groups is 2. The average molecular weight is 1240 g/mol. The SMILES string of the molecule is CO/N=C1\C[C@@H](C)O[C@@H](O[C@@H]2[C@@H](C)[C@H](O[C@H]3C[C@H](C)N(C)C[C@H](C)O3)[C@@H](C)C(=O)O[C@@H](C(C)CO[C@@H]3O[C@H](C)[C@@H](O)[C@@H](OC)[C@H]3OC)[C@@H](C)[C@@H](C(C(=O)O)C(C)C)[C@@H](C)C(=O)[C@@](C)(OC(=O)NC(C)(C)CNS(=O)(=O)c3ccccc3)C[C@@H]2C)[C@@H]1O. The normalized spacial score (nSPS) is 38.0. The fourth-order valence-corrected chi connectivity index (χ4v) is 14.3. The number of nitrogens with zero attached hydrogens (tertiary/aromatic N) is 2. The second-order valence-corrected chi connectivity index (χ2v) is 27.7. The summed E-state index contributed by atoms with van der Waals surface area (Å²) in [6.07, 6.45) is -13.5. The molecule has 0 bridgehead atoms. The van der Waals surface area contributed by atoms with Gasteiger partial charge >= 0.3 is 18.0 Å². The number of esters is 1. The highest BCUT2D eigenvalue weighted by Crippen LogP contribution is 2.44. The van der Waals surface area contributed by atoms with Crippen molar-refractivity contribution >= 4 is 39.6 Å². The Bertz CT molecular complexity index is 2510. The number of amides is 1. The Morgan fingerprint density at radius 2 is 1.49 bits per heavy atom. The van der Waals surface area contributed by atoms with Gasteiger partial charge in [0.25, 0.3) is 0 Å². The molecule has 492 valence electrons. The highest BCUT2D eigenvalue weighted by molar-refractivity contribution is 7.89. The minimum absolute atomic E-state index is 0.00541. The number of cyclic esters (lactones) is 1. The summed E-state index contributed by atoms with van der Waals surface area (Å²) in [6, 6.07) is 7.67. The Morgan fingerprint density at radius 3 is 2.08 bits per heavy atom. The fraction of sp³-hybridized carbons (Fsp3) is 0.820. The van der Waals surface area contributed by atoms with E-state index in [1.54, 1.807) is 94.4 Å². The highest BCUT2D eigenvalue weighted by Gasteiger charge is 2.54. The maximum atomic E-state index is 16.2. The zero-order valence-corrected chi connectivity index (χ0v) is 54.8. The van der Waals surface area contributed by atoms with E-state index < -0.39 is 172 Å². The number of carboxylic acid groups (broad SMARTS) is 1. The van der Waals surface area contributed by atoms with E-state index in [-0.39, 0.29) is 48.7 Å². The predicted molar refractivity (Wildman–Crippen MR) is 316 cm³/mol. The van der Waals surface area contributed by atoms with Crippen LogP contribution in [0.3, 0.4) is 0 Å². The number of aliphatic carboxylic acids is 1. The smallest absolute Gasteiger partial charge is 0.408 e. The molecule has 2 unspecified atom stereocenters. The number of hydrogen-bond donors (Lipinski definition) is 5. The van der Waals surface area contributed by atoms with Crippen LogP contribution in [0.25, 0.3) is 0 Å². The predicted octanol–water partition coefficient (Wildman–Crippen LogP) is 5.78. The maximum absolute atomic E-state index is 16.2. The summed E-state index contributed by atoms with van der Waals surface area (Å²) in [5.74, 6) is -11.5. The van der Waals surface area contributed by atoms with E-state index in [0.717, 1.165) is 0 Å². The highest BCUT2D eigenvalue weighted by atomic mass is 32.2. The number of methoxy groups -OCH3 is 2. The van der Waals surface area contributed by atoms with E-state index in [1.807, 2.05) is 27.8 Å². The van der Waals surface area contributed by atoms with Gasteiger partial charge in [-0.25, -0.2) is 17.9 Å². The molecule has 1 amide bonds. The quantitative estimate of drug-likeness (QED) is 0.0763. The van der Waals surface area contributed by atoms with Crippen molar-refractivity contribution in [2.75, 3.05) is 48.1 Å². The Hall–Kier alpha value is -3.96. The summed E-state index contributed by atoms with van der Waals surface area (Å²) in [5.41, 5.74) is -3.23. The van der Waals surface area contributed by atoms with Gasteiger partial charge in [-0.15, -0.1) is 0 Å². The van der Waals surface area contributed by atoms with Gasteiger partial charge < -0.3 is 77.7 Å². The third-order valence-electron chi connectivity index (χ3n) is 17.9. The number of alkyl carbamates (subject to hydrolysis) is 1. The number of nitrogens with one attached hydrogen (secondary N) is 2. The molecule has 4 aliphatic rings. The molecule has 0 radical (unpaired) electrons. The number of sulfonamides is 1. The van der Waals surface area contributed by atoms with E-state index in [4.69, 9.17) is 52.2 Å². The topological polar surface area (TPSA) is 304 Å². The van der Waals surface area contributed by atoms with Crippen LogP contribution < -0.4 is 10.0 Å². The summed E-state index contributed by atoms with van der Waals surface area (Å²) in [5, 5.41) is 41.0. The summed E-state index contributed by atoms with van der Waals surface area (Å²) < 4.78 is 93.5. The van der Waals surface area contributed by atoms with Crippen LogP contribution in [0.2, 0.25) is 0 Å². The molecule has 4 aliphatic heterocycles. The van der Waals surface area contributed by atoms with Crippen molar-refractivity contribution in [3.8, 4) is 0 Å². The van der Waals surface area contributed by atoms with Crippen LogP contribution >= 0.6 is 0 Å². The molecule has 0 saturated carbocycles. The van der Waals surface area contributed by atoms with Gasteiger partial charge in [0, 0.05) is 63.9 Å². The van der Waals surface area contributed by atoms with Gasteiger partial charge in [-0.05, 0) is 105 Å². The number of carboxylic acids is 1. The summed E-state index contributed by atoms with van der Waals surface area (Å²) in [7, 11) is 2.16. The summed E-state index contributed by atoms with van der Waals surface area (Å²) in [4.78, 5) is 67.6. The standard InChI is InChI=1S/C61H102N4O20S/c1-31(2)45(55(69)70)46-37(8)50(33(4)29-78-58-53(76-18)52(75-17)47(66)41(12)81-58)83-56(71)40(11)51(82-44-25-34(5)65(16)28-36(7)79-44)39(10)49(84-57-48(67)43(64-77-19)26-35(6)80-57)32(3)27-61(15,54(68)38(46)9)85-59(72)63-60(13,14)30-62-86(73,74)42-23-21-20-22-24-42/h20-24,31-41,44-53,57-58,62,66-67H,25-30H2,1-19H3,(H,63,72)(H,69,70)/b64-43+/t32-,33?,34-,35+,36-,37-,38+,39+,40+,41+,44-,45?,46+,47+,48+,49-,50-,51-,52+,53+,57-,58+,61-/m0/s1. The lowest BCUT2D eigenvalue weighted by Crippen LogP contribution is -2.59. The number of hydrogen-bond acceptors (Lipinski definition) is 21. The second kappa shape index (κ2) is 31.2. The first-order chi connectivity index (χ1) is 40.1. The van der Waals surface area contributed by atoms with Crippen LogP contribution in [0.4, 0.5) is 4.79 Å². The molecule has 4 fully saturated rings. The average Bonchev–Trinajstić information content (AvgIpc) is 1.09. The minimum atomic E-state index is -4.04. The van der Waals surface area contributed by atoms with Crippen LogP contribution in [0, 0.1) is 53.3 Å². The van der Waals surface area contributed by atoms with Crippen molar-refractivity contribution in [3.63, 3.8) is 0 Å². The molecule has 1 aromatic carbocycles. The number of likely N-dealkylation sites (N-methyl/N-ethyl adjacent to an activating group) is 1. The van der Waals surface area contributed by atoms with E-state index >= 15 is 9.59 Å². The molecule has 0 spiro atoms. The van der Waals surface area contributed by atoms with Gasteiger partial charge in [-0.2, -0.15) is 0 Å². The molecule has 1 aromatic rings. The number of ether oxygens (including phenoxy) is 10. The van der Waals surface area contributed by atoms with Crippen LogP contribution in [-0.4, -0.2) is 203 Å². The van der Waals surface area contributed by atoms with Crippen molar-refractivity contribution in [1.29, 1.82) is 0 Å². The number of rotatable bonds is 20. The summed E-state index contributed by atoms with van der Waals surface area (Å²) in [6.45, 7) is 25.9. The number of oxime groups is 1. The molecule has 0 aromatic heterocycles. The van der Waals surface area contributed by atoms with Gasteiger partial charge in [0.1, 0.15) is 37.6 Å². The molecule has 86 heavy (non-hydrogen) atoms. The van der Waals surface area contributed by atoms with Gasteiger partial charge in [0.05, 0.1) is 65.1 Å². The third-order valence-corrected chi connectivity index (χ3v) is 19.3. The maximum Gasteiger partial charge on any atom is 0.408 e. The Kier molecular flexibility index (Phi) is 26.4. The zero-order chi connectivity index (χ0) is 64.5. The van der Waals surface area contributed by atoms with E-state index in [0.29, 0.717) is 13.0 Å². The fourth-order valence-electron chi connectivity index (χ4n) is 13.1. The van der Waals surface area contributed by atoms with Crippen molar-refractivity contribution < 1.29 is 95.1 Å². The number of benzene rings is 1. The largest absolute Gasteiger partial charge is 0.481 e. The van der Waals surface area contributed by atoms with Crippen LogP contribution in [0.5, 0.6) is 0 Å².